The number of amides is 1. The highest BCUT2D eigenvalue weighted by molar-refractivity contribution is 5.93. The van der Waals surface area contributed by atoms with Crippen LogP contribution in [0, 0.1) is 6.92 Å². The van der Waals surface area contributed by atoms with Crippen molar-refractivity contribution in [2.75, 3.05) is 5.32 Å². The van der Waals surface area contributed by atoms with Crippen LogP contribution in [-0.2, 0) is 4.79 Å². The zero-order valence-corrected chi connectivity index (χ0v) is 13.8. The lowest BCUT2D eigenvalue weighted by Crippen LogP contribution is -2.27. The van der Waals surface area contributed by atoms with Gasteiger partial charge in [-0.05, 0) is 32.3 Å². The molecule has 2 aromatic rings. The summed E-state index contributed by atoms with van der Waals surface area (Å²) in [5.41, 5.74) is 0.911. The smallest absolute Gasteiger partial charge is 0.250 e. The molecule has 0 fully saturated rings. The topological polar surface area (TPSA) is 64.7 Å². The van der Waals surface area contributed by atoms with Crippen molar-refractivity contribution in [3.8, 4) is 0 Å². The monoisotopic (exact) mass is 303 g/mol. The maximum atomic E-state index is 12.6. The molecule has 0 radical (unpaired) electrons. The van der Waals surface area contributed by atoms with Crippen molar-refractivity contribution in [1.82, 2.24) is 19.6 Å². The van der Waals surface area contributed by atoms with E-state index in [1.807, 2.05) is 36.9 Å². The van der Waals surface area contributed by atoms with Gasteiger partial charge < -0.3 is 5.32 Å². The van der Waals surface area contributed by atoms with Crippen LogP contribution in [0.25, 0.3) is 0 Å². The molecule has 1 atom stereocenters. The van der Waals surface area contributed by atoms with Crippen LogP contribution in [0.4, 0.5) is 5.82 Å². The van der Waals surface area contributed by atoms with E-state index in [0.29, 0.717) is 12.5 Å². The third-order valence-electron chi connectivity index (χ3n) is 3.93. The summed E-state index contributed by atoms with van der Waals surface area (Å²) < 4.78 is 3.63. The van der Waals surface area contributed by atoms with Crippen molar-refractivity contribution in [3.05, 3.63) is 30.2 Å². The molecule has 0 saturated carbocycles. The Morgan fingerprint density at radius 2 is 2.00 bits per heavy atom. The first-order valence-electron chi connectivity index (χ1n) is 7.96. The molecule has 2 heterocycles. The first-order chi connectivity index (χ1) is 10.6. The van der Waals surface area contributed by atoms with Crippen molar-refractivity contribution in [2.24, 2.45) is 0 Å². The average Bonchev–Trinajstić information content (AvgIpc) is 3.12. The molecular weight excluding hydrogens is 278 g/mol. The molecule has 120 valence electrons. The lowest BCUT2D eigenvalue weighted by molar-refractivity contribution is -0.119. The zero-order chi connectivity index (χ0) is 16.1. The number of aryl methyl sites for hydroxylation is 1. The Balaban J connectivity index is 2.21. The lowest BCUT2D eigenvalue weighted by atomic mass is 10.2. The number of nitrogens with one attached hydrogen (secondary N) is 1. The number of anilines is 1. The van der Waals surface area contributed by atoms with E-state index in [4.69, 9.17) is 0 Å². The molecule has 0 aliphatic carbocycles. The molecule has 0 saturated heterocycles. The van der Waals surface area contributed by atoms with E-state index in [9.17, 15) is 4.79 Å². The minimum Gasteiger partial charge on any atom is -0.309 e. The number of hydrogen-bond donors (Lipinski definition) is 1. The second-order valence-corrected chi connectivity index (χ2v) is 5.49. The van der Waals surface area contributed by atoms with Gasteiger partial charge in [0.1, 0.15) is 11.9 Å². The number of hydrogen-bond acceptors (Lipinski definition) is 3. The summed E-state index contributed by atoms with van der Waals surface area (Å²) in [4.78, 5) is 12.6. The van der Waals surface area contributed by atoms with Gasteiger partial charge >= 0.3 is 0 Å². The van der Waals surface area contributed by atoms with E-state index in [-0.39, 0.29) is 11.9 Å². The van der Waals surface area contributed by atoms with E-state index >= 15 is 0 Å². The van der Waals surface area contributed by atoms with Crippen LogP contribution in [0.3, 0.4) is 0 Å². The van der Waals surface area contributed by atoms with Gasteiger partial charge in [0.15, 0.2) is 0 Å². The second-order valence-electron chi connectivity index (χ2n) is 5.49. The molecule has 0 aliphatic heterocycles. The van der Waals surface area contributed by atoms with Crippen LogP contribution < -0.4 is 5.32 Å². The predicted molar refractivity (Wildman–Crippen MR) is 86.8 cm³/mol. The molecular formula is C16H25N5O. The van der Waals surface area contributed by atoms with Gasteiger partial charge in [-0.25, -0.2) is 4.68 Å². The van der Waals surface area contributed by atoms with Gasteiger partial charge in [0.25, 0.3) is 0 Å². The van der Waals surface area contributed by atoms with Crippen LogP contribution in [0.15, 0.2) is 24.5 Å². The number of carbonyl (C=O) groups excluding carboxylic acids is 1. The molecule has 1 amide bonds. The summed E-state index contributed by atoms with van der Waals surface area (Å²) in [5.74, 6) is 0.708. The van der Waals surface area contributed by atoms with Crippen molar-refractivity contribution < 1.29 is 4.79 Å². The molecule has 0 bridgehead atoms. The summed E-state index contributed by atoms with van der Waals surface area (Å²) in [6.45, 7) is 8.19. The Hall–Kier alpha value is -2.11. The fraction of sp³-hybridized carbons (Fsp3) is 0.562. The third-order valence-corrected chi connectivity index (χ3v) is 3.93. The number of rotatable bonds is 7. The number of aromatic nitrogens is 4. The van der Waals surface area contributed by atoms with Crippen LogP contribution in [0.2, 0.25) is 0 Å². The molecule has 22 heavy (non-hydrogen) atoms. The molecule has 1 N–H and O–H groups in total. The Labute approximate surface area is 131 Å². The fourth-order valence-electron chi connectivity index (χ4n) is 2.69. The minimum atomic E-state index is -0.305. The molecule has 0 aliphatic rings. The van der Waals surface area contributed by atoms with Gasteiger partial charge in [0.05, 0.1) is 11.7 Å². The van der Waals surface area contributed by atoms with E-state index in [1.165, 1.54) is 0 Å². The van der Waals surface area contributed by atoms with E-state index < -0.39 is 0 Å². The molecule has 0 aromatic carbocycles. The van der Waals surface area contributed by atoms with Crippen LogP contribution in [-0.4, -0.2) is 25.5 Å². The largest absolute Gasteiger partial charge is 0.309 e. The first-order valence-corrected chi connectivity index (χ1v) is 7.96. The van der Waals surface area contributed by atoms with E-state index in [2.05, 4.69) is 29.4 Å². The van der Waals surface area contributed by atoms with Gasteiger partial charge in [-0.2, -0.15) is 10.2 Å². The lowest BCUT2D eigenvalue weighted by Gasteiger charge is -2.19. The van der Waals surface area contributed by atoms with Gasteiger partial charge in [0.2, 0.25) is 5.91 Å². The Kier molecular flexibility index (Phi) is 5.35. The summed E-state index contributed by atoms with van der Waals surface area (Å²) >= 11 is 0. The fourth-order valence-corrected chi connectivity index (χ4v) is 2.69. The van der Waals surface area contributed by atoms with Crippen molar-refractivity contribution in [1.29, 1.82) is 0 Å². The van der Waals surface area contributed by atoms with Gasteiger partial charge in [-0.3, -0.25) is 9.48 Å². The highest BCUT2D eigenvalue weighted by atomic mass is 16.2. The number of nitrogens with zero attached hydrogens (tertiary/aromatic N) is 4. The average molecular weight is 303 g/mol. The van der Waals surface area contributed by atoms with Gasteiger partial charge in [-0.1, -0.05) is 20.8 Å². The molecule has 2 rings (SSSR count). The van der Waals surface area contributed by atoms with Crippen molar-refractivity contribution >= 4 is 11.7 Å². The molecule has 0 unspecified atom stereocenters. The Morgan fingerprint density at radius 1 is 1.27 bits per heavy atom. The zero-order valence-electron chi connectivity index (χ0n) is 13.8. The standard InChI is InChI=1S/C16H25N5O/c1-5-13(6-2)21-15(11-12(4)19-21)18-16(22)14(7-3)20-10-8-9-17-20/h8-11,13-14H,5-7H2,1-4H3,(H,18,22)/t14-/m1/s1. The van der Waals surface area contributed by atoms with E-state index in [1.54, 1.807) is 10.9 Å². The minimum absolute atomic E-state index is 0.0571. The summed E-state index contributed by atoms with van der Waals surface area (Å²) in [6.07, 6.45) is 6.16. The third kappa shape index (κ3) is 3.37. The molecule has 6 nitrogen and oxygen atoms in total. The van der Waals surface area contributed by atoms with Crippen molar-refractivity contribution in [2.45, 2.75) is 59.0 Å². The molecule has 6 heteroatoms. The normalized spacial score (nSPS) is 12.6. The number of carbonyl (C=O) groups is 1. The summed E-state index contributed by atoms with van der Waals surface area (Å²) in [6, 6.07) is 3.75. The predicted octanol–water partition coefficient (Wildman–Crippen LogP) is 3.34. The Bertz CT molecular complexity index is 598. The van der Waals surface area contributed by atoms with E-state index in [0.717, 1.165) is 24.4 Å². The van der Waals surface area contributed by atoms with Crippen LogP contribution >= 0.6 is 0 Å². The SMILES string of the molecule is CCC(CC)n1nc(C)cc1NC(=O)[C@@H](CC)n1cccn1. The quantitative estimate of drug-likeness (QED) is 0.853. The summed E-state index contributed by atoms with van der Waals surface area (Å²) in [7, 11) is 0. The van der Waals surface area contributed by atoms with Crippen molar-refractivity contribution in [3.63, 3.8) is 0 Å². The highest BCUT2D eigenvalue weighted by Gasteiger charge is 2.21. The Morgan fingerprint density at radius 3 is 2.55 bits per heavy atom. The maximum absolute atomic E-state index is 12.6. The highest BCUT2D eigenvalue weighted by Crippen LogP contribution is 2.23. The first kappa shape index (κ1) is 16.3. The second kappa shape index (κ2) is 7.24. The molecule has 2 aromatic heterocycles. The summed E-state index contributed by atoms with van der Waals surface area (Å²) in [5, 5.41) is 11.7. The van der Waals surface area contributed by atoms with Crippen LogP contribution in [0.5, 0.6) is 0 Å². The van der Waals surface area contributed by atoms with Crippen LogP contribution in [0.1, 0.15) is 57.8 Å². The van der Waals surface area contributed by atoms with Gasteiger partial charge in [0, 0.05) is 18.5 Å². The van der Waals surface area contributed by atoms with Gasteiger partial charge in [-0.15, -0.1) is 0 Å². The maximum Gasteiger partial charge on any atom is 0.250 e. The molecule has 0 spiro atoms.